The van der Waals surface area contributed by atoms with Crippen molar-refractivity contribution in [2.75, 3.05) is 25.0 Å². The van der Waals surface area contributed by atoms with Gasteiger partial charge in [0.05, 0.1) is 6.10 Å². The van der Waals surface area contributed by atoms with Crippen LogP contribution in [0.3, 0.4) is 0 Å². The van der Waals surface area contributed by atoms with Crippen LogP contribution in [-0.2, 0) is 10.0 Å². The van der Waals surface area contributed by atoms with Crippen LogP contribution < -0.4 is 5.32 Å². The van der Waals surface area contributed by atoms with Crippen molar-refractivity contribution < 1.29 is 13.5 Å². The number of anilines is 1. The van der Waals surface area contributed by atoms with E-state index in [0.29, 0.717) is 31.7 Å². The van der Waals surface area contributed by atoms with Crippen LogP contribution in [0.15, 0.2) is 23.2 Å². The summed E-state index contributed by atoms with van der Waals surface area (Å²) in [5, 5.41) is 12.5. The summed E-state index contributed by atoms with van der Waals surface area (Å²) in [5.41, 5.74) is 0. The van der Waals surface area contributed by atoms with Gasteiger partial charge in [0.1, 0.15) is 10.7 Å². The Balaban J connectivity index is 2.09. The number of rotatable bonds is 5. The Morgan fingerprint density at radius 1 is 1.40 bits per heavy atom. The highest BCUT2D eigenvalue weighted by Crippen LogP contribution is 2.20. The Labute approximate surface area is 119 Å². The normalized spacial score (nSPS) is 18.1. The molecule has 0 spiro atoms. The van der Waals surface area contributed by atoms with Gasteiger partial charge in [-0.15, -0.1) is 0 Å². The van der Waals surface area contributed by atoms with E-state index in [9.17, 15) is 13.5 Å². The lowest BCUT2D eigenvalue weighted by Gasteiger charge is -2.28. The molecule has 1 aliphatic rings. The first-order chi connectivity index (χ1) is 9.54. The molecule has 0 aromatic carbocycles. The van der Waals surface area contributed by atoms with Crippen molar-refractivity contribution >= 4 is 15.8 Å². The minimum absolute atomic E-state index is 0.205. The predicted molar refractivity (Wildman–Crippen MR) is 77.0 cm³/mol. The number of pyridine rings is 1. The molecule has 2 N–H and O–H groups in total. The number of hydrogen-bond acceptors (Lipinski definition) is 5. The molecule has 0 unspecified atom stereocenters. The van der Waals surface area contributed by atoms with E-state index in [1.807, 2.05) is 0 Å². The Bertz CT molecular complexity index is 522. The Morgan fingerprint density at radius 3 is 2.65 bits per heavy atom. The summed E-state index contributed by atoms with van der Waals surface area (Å²) in [6, 6.07) is 3.26. The van der Waals surface area contributed by atoms with Crippen LogP contribution in [0.1, 0.15) is 26.2 Å². The van der Waals surface area contributed by atoms with Gasteiger partial charge in [0.2, 0.25) is 10.0 Å². The molecule has 1 aromatic rings. The first-order valence-electron chi connectivity index (χ1n) is 6.92. The van der Waals surface area contributed by atoms with Crippen LogP contribution in [0.25, 0.3) is 0 Å². The Hall–Kier alpha value is -1.18. The third kappa shape index (κ3) is 3.47. The van der Waals surface area contributed by atoms with Gasteiger partial charge in [-0.3, -0.25) is 0 Å². The highest BCUT2D eigenvalue weighted by atomic mass is 32.2. The summed E-state index contributed by atoms with van der Waals surface area (Å²) in [5.74, 6) is 0.680. The quantitative estimate of drug-likeness (QED) is 0.849. The number of nitrogens with one attached hydrogen (secondary N) is 1. The summed E-state index contributed by atoms with van der Waals surface area (Å²) in [6.45, 7) is 3.58. The lowest BCUT2D eigenvalue weighted by Crippen LogP contribution is -2.40. The zero-order chi connectivity index (χ0) is 14.6. The molecule has 20 heavy (non-hydrogen) atoms. The van der Waals surface area contributed by atoms with Gasteiger partial charge in [0.25, 0.3) is 0 Å². The molecule has 7 heteroatoms. The number of nitrogens with zero attached hydrogens (tertiary/aromatic N) is 2. The summed E-state index contributed by atoms with van der Waals surface area (Å²) in [6.07, 6.45) is 2.96. The number of hydrogen-bond donors (Lipinski definition) is 2. The smallest absolute Gasteiger partial charge is 0.244 e. The molecule has 2 rings (SSSR count). The standard InChI is InChI=1S/C13H21N3O3S/c1-2-7-14-13-4-3-12(10-15-13)20(18,19)16-8-5-11(17)6-9-16/h3-4,10-11,17H,2,5-9H2,1H3,(H,14,15). The van der Waals surface area contributed by atoms with E-state index in [4.69, 9.17) is 0 Å². The molecule has 0 bridgehead atoms. The second-order valence-electron chi connectivity index (χ2n) is 4.94. The SMILES string of the molecule is CCCNc1ccc(S(=O)(=O)N2CCC(O)CC2)cn1. The average molecular weight is 299 g/mol. The van der Waals surface area contributed by atoms with Gasteiger partial charge >= 0.3 is 0 Å². The minimum Gasteiger partial charge on any atom is -0.393 e. The molecule has 6 nitrogen and oxygen atoms in total. The largest absolute Gasteiger partial charge is 0.393 e. The predicted octanol–water partition coefficient (Wildman–Crippen LogP) is 1.05. The summed E-state index contributed by atoms with van der Waals surface area (Å²) in [4.78, 5) is 4.33. The van der Waals surface area contributed by atoms with Crippen molar-refractivity contribution in [3.63, 3.8) is 0 Å². The zero-order valence-corrected chi connectivity index (χ0v) is 12.4. The number of aliphatic hydroxyl groups excluding tert-OH is 1. The highest BCUT2D eigenvalue weighted by Gasteiger charge is 2.28. The van der Waals surface area contributed by atoms with Gasteiger partial charge < -0.3 is 10.4 Å². The van der Waals surface area contributed by atoms with Crippen molar-refractivity contribution in [1.82, 2.24) is 9.29 Å². The topological polar surface area (TPSA) is 82.5 Å². The number of aromatic nitrogens is 1. The molecular weight excluding hydrogens is 278 g/mol. The molecule has 0 saturated carbocycles. The van der Waals surface area contributed by atoms with Gasteiger partial charge in [-0.05, 0) is 31.4 Å². The molecule has 1 saturated heterocycles. The van der Waals surface area contributed by atoms with E-state index in [0.717, 1.165) is 13.0 Å². The minimum atomic E-state index is -3.49. The van der Waals surface area contributed by atoms with Gasteiger partial charge in [-0.25, -0.2) is 13.4 Å². The van der Waals surface area contributed by atoms with Crippen molar-refractivity contribution in [3.05, 3.63) is 18.3 Å². The highest BCUT2D eigenvalue weighted by molar-refractivity contribution is 7.89. The molecule has 2 heterocycles. The number of aliphatic hydroxyl groups is 1. The fourth-order valence-electron chi connectivity index (χ4n) is 2.12. The maximum atomic E-state index is 12.4. The van der Waals surface area contributed by atoms with Crippen molar-refractivity contribution in [2.24, 2.45) is 0 Å². The zero-order valence-electron chi connectivity index (χ0n) is 11.6. The van der Waals surface area contributed by atoms with Crippen molar-refractivity contribution in [3.8, 4) is 0 Å². The van der Waals surface area contributed by atoms with Crippen molar-refractivity contribution in [2.45, 2.75) is 37.2 Å². The third-order valence-corrected chi connectivity index (χ3v) is 5.24. The maximum absolute atomic E-state index is 12.4. The van der Waals surface area contributed by atoms with Crippen LogP contribution in [-0.4, -0.2) is 48.6 Å². The van der Waals surface area contributed by atoms with Crippen LogP contribution in [0, 0.1) is 0 Å². The number of sulfonamides is 1. The second-order valence-corrected chi connectivity index (χ2v) is 6.88. The molecule has 0 amide bonds. The fraction of sp³-hybridized carbons (Fsp3) is 0.615. The monoisotopic (exact) mass is 299 g/mol. The van der Waals surface area contributed by atoms with Gasteiger partial charge in [0.15, 0.2) is 0 Å². The van der Waals surface area contributed by atoms with Crippen LogP contribution in [0.2, 0.25) is 0 Å². The summed E-state index contributed by atoms with van der Waals surface area (Å²) in [7, 11) is -3.49. The van der Waals surface area contributed by atoms with E-state index in [1.54, 1.807) is 12.1 Å². The van der Waals surface area contributed by atoms with Crippen LogP contribution >= 0.6 is 0 Å². The van der Waals surface area contributed by atoms with E-state index in [2.05, 4.69) is 17.2 Å². The van der Waals surface area contributed by atoms with E-state index >= 15 is 0 Å². The van der Waals surface area contributed by atoms with E-state index < -0.39 is 10.0 Å². The Kier molecular flexibility index (Phi) is 4.95. The molecule has 112 valence electrons. The first kappa shape index (κ1) is 15.2. The fourth-order valence-corrected chi connectivity index (χ4v) is 3.54. The van der Waals surface area contributed by atoms with Crippen LogP contribution in [0.5, 0.6) is 0 Å². The molecule has 1 aromatic heterocycles. The Morgan fingerprint density at radius 2 is 2.10 bits per heavy atom. The van der Waals surface area contributed by atoms with Gasteiger partial charge in [-0.1, -0.05) is 6.92 Å². The second kappa shape index (κ2) is 6.51. The third-order valence-electron chi connectivity index (χ3n) is 3.35. The van der Waals surface area contributed by atoms with Crippen molar-refractivity contribution in [1.29, 1.82) is 0 Å². The molecule has 1 aliphatic heterocycles. The summed E-state index contributed by atoms with van der Waals surface area (Å²) < 4.78 is 26.2. The molecule has 0 aliphatic carbocycles. The molecule has 0 radical (unpaired) electrons. The van der Waals surface area contributed by atoms with E-state index in [-0.39, 0.29) is 11.0 Å². The number of piperidine rings is 1. The molecule has 0 atom stereocenters. The molecular formula is C13H21N3O3S. The maximum Gasteiger partial charge on any atom is 0.244 e. The van der Waals surface area contributed by atoms with Gasteiger partial charge in [-0.2, -0.15) is 4.31 Å². The molecule has 1 fully saturated rings. The lowest BCUT2D eigenvalue weighted by atomic mass is 10.1. The van der Waals surface area contributed by atoms with Gasteiger partial charge in [0, 0.05) is 25.8 Å². The average Bonchev–Trinajstić information content (AvgIpc) is 2.46. The van der Waals surface area contributed by atoms with E-state index in [1.165, 1.54) is 10.5 Å². The first-order valence-corrected chi connectivity index (χ1v) is 8.36. The van der Waals surface area contributed by atoms with Crippen LogP contribution in [0.4, 0.5) is 5.82 Å². The summed E-state index contributed by atoms with van der Waals surface area (Å²) >= 11 is 0. The lowest BCUT2D eigenvalue weighted by molar-refractivity contribution is 0.113.